The van der Waals surface area contributed by atoms with Crippen LogP contribution < -0.4 is 16.8 Å². The Morgan fingerprint density at radius 3 is 2.76 bits per heavy atom. The zero-order chi connectivity index (χ0) is 15.1. The van der Waals surface area contributed by atoms with Crippen molar-refractivity contribution in [2.24, 2.45) is 5.73 Å². The number of nitrogens with zero attached hydrogens (tertiary/aromatic N) is 2. The van der Waals surface area contributed by atoms with Gasteiger partial charge in [-0.3, -0.25) is 4.79 Å². The number of para-hydroxylation sites is 1. The van der Waals surface area contributed by atoms with E-state index >= 15 is 0 Å². The smallest absolute Gasteiger partial charge is 0.221 e. The highest BCUT2D eigenvalue weighted by Gasteiger charge is 2.06. The Morgan fingerprint density at radius 2 is 2.05 bits per heavy atom. The van der Waals surface area contributed by atoms with Gasteiger partial charge in [0.05, 0.1) is 11.4 Å². The number of nitrogen functional groups attached to an aromatic ring is 1. The van der Waals surface area contributed by atoms with Gasteiger partial charge in [-0.05, 0) is 25.0 Å². The molecule has 0 saturated heterocycles. The summed E-state index contributed by atoms with van der Waals surface area (Å²) in [6, 6.07) is 11.6. The van der Waals surface area contributed by atoms with Gasteiger partial charge in [0, 0.05) is 25.6 Å². The van der Waals surface area contributed by atoms with E-state index < -0.39 is 0 Å². The molecule has 0 aliphatic rings. The second kappa shape index (κ2) is 7.44. The lowest BCUT2D eigenvalue weighted by Gasteiger charge is -2.03. The van der Waals surface area contributed by atoms with Gasteiger partial charge in [-0.2, -0.15) is 5.10 Å². The van der Waals surface area contributed by atoms with Gasteiger partial charge < -0.3 is 16.8 Å². The number of carbonyl (C=O) groups excluding carboxylic acids is 1. The van der Waals surface area contributed by atoms with E-state index in [0.29, 0.717) is 25.3 Å². The zero-order valence-corrected chi connectivity index (χ0v) is 12.0. The van der Waals surface area contributed by atoms with Crippen molar-refractivity contribution >= 4 is 11.7 Å². The maximum absolute atomic E-state index is 11.3. The lowest BCUT2D eigenvalue weighted by atomic mass is 10.2. The first kappa shape index (κ1) is 15.1. The lowest BCUT2D eigenvalue weighted by Crippen LogP contribution is -2.26. The molecule has 1 amide bonds. The Balaban J connectivity index is 1.87. The molecule has 0 aliphatic carbocycles. The van der Waals surface area contributed by atoms with Crippen LogP contribution in [-0.2, 0) is 11.2 Å². The Kier molecular flexibility index (Phi) is 5.34. The Bertz CT molecular complexity index is 579. The number of nitrogens with one attached hydrogen (secondary N) is 1. The molecule has 0 unspecified atom stereocenters. The number of hydrogen-bond acceptors (Lipinski definition) is 4. The van der Waals surface area contributed by atoms with E-state index in [1.54, 1.807) is 4.68 Å². The van der Waals surface area contributed by atoms with Crippen LogP contribution in [0.5, 0.6) is 0 Å². The summed E-state index contributed by atoms with van der Waals surface area (Å²) in [4.78, 5) is 11.3. The average Bonchev–Trinajstić information content (AvgIpc) is 2.86. The summed E-state index contributed by atoms with van der Waals surface area (Å²) >= 11 is 0. The minimum absolute atomic E-state index is 0.00757. The molecule has 0 radical (unpaired) electrons. The Morgan fingerprint density at radius 1 is 1.29 bits per heavy atom. The molecule has 1 aromatic carbocycles. The molecule has 6 heteroatoms. The number of aromatic nitrogens is 2. The van der Waals surface area contributed by atoms with Crippen LogP contribution in [-0.4, -0.2) is 28.8 Å². The van der Waals surface area contributed by atoms with Gasteiger partial charge in [-0.15, -0.1) is 0 Å². The second-order valence-corrected chi connectivity index (χ2v) is 4.80. The topological polar surface area (TPSA) is 99.0 Å². The first-order valence-electron chi connectivity index (χ1n) is 7.07. The molecule has 21 heavy (non-hydrogen) atoms. The van der Waals surface area contributed by atoms with Crippen LogP contribution in [0.2, 0.25) is 0 Å². The number of benzene rings is 1. The highest BCUT2D eigenvalue weighted by Crippen LogP contribution is 2.14. The maximum Gasteiger partial charge on any atom is 0.221 e. The van der Waals surface area contributed by atoms with Crippen LogP contribution in [0.3, 0.4) is 0 Å². The highest BCUT2D eigenvalue weighted by atomic mass is 16.1. The third-order valence-corrected chi connectivity index (χ3v) is 3.09. The van der Waals surface area contributed by atoms with E-state index in [-0.39, 0.29) is 5.91 Å². The molecule has 0 aliphatic heterocycles. The summed E-state index contributed by atoms with van der Waals surface area (Å²) in [6.45, 7) is 1.00. The van der Waals surface area contributed by atoms with Gasteiger partial charge in [0.25, 0.3) is 0 Å². The minimum atomic E-state index is -0.00757. The summed E-state index contributed by atoms with van der Waals surface area (Å²) in [5.74, 6) is 0.607. The fraction of sp³-hybridized carbons (Fsp3) is 0.333. The molecule has 0 spiro atoms. The van der Waals surface area contributed by atoms with Crippen LogP contribution in [0.4, 0.5) is 5.82 Å². The number of carbonyl (C=O) groups is 1. The fourth-order valence-electron chi connectivity index (χ4n) is 2.06. The third-order valence-electron chi connectivity index (χ3n) is 3.09. The van der Waals surface area contributed by atoms with Crippen molar-refractivity contribution in [1.82, 2.24) is 15.1 Å². The van der Waals surface area contributed by atoms with Crippen molar-refractivity contribution in [3.8, 4) is 5.69 Å². The van der Waals surface area contributed by atoms with Crippen molar-refractivity contribution < 1.29 is 4.79 Å². The molecular weight excluding hydrogens is 266 g/mol. The first-order valence-corrected chi connectivity index (χ1v) is 7.07. The van der Waals surface area contributed by atoms with Crippen molar-refractivity contribution in [1.29, 1.82) is 0 Å². The predicted octanol–water partition coefficient (Wildman–Crippen LogP) is 0.852. The Labute approximate surface area is 124 Å². The average molecular weight is 287 g/mol. The normalized spacial score (nSPS) is 10.5. The van der Waals surface area contributed by atoms with Gasteiger partial charge in [0.15, 0.2) is 0 Å². The van der Waals surface area contributed by atoms with Gasteiger partial charge in [0.2, 0.25) is 5.91 Å². The minimum Gasteiger partial charge on any atom is -0.384 e. The summed E-state index contributed by atoms with van der Waals surface area (Å²) in [5, 5.41) is 7.31. The molecule has 2 aromatic rings. The summed E-state index contributed by atoms with van der Waals surface area (Å²) in [6.07, 6.45) is 1.96. The number of aryl methyl sites for hydroxylation is 1. The monoisotopic (exact) mass is 287 g/mol. The lowest BCUT2D eigenvalue weighted by molar-refractivity contribution is -0.120. The van der Waals surface area contributed by atoms with Crippen LogP contribution in [0.15, 0.2) is 36.4 Å². The van der Waals surface area contributed by atoms with E-state index in [1.165, 1.54) is 0 Å². The maximum atomic E-state index is 11.3. The van der Waals surface area contributed by atoms with Gasteiger partial charge in [0.1, 0.15) is 5.82 Å². The van der Waals surface area contributed by atoms with Gasteiger partial charge >= 0.3 is 0 Å². The number of amides is 1. The molecule has 2 rings (SSSR count). The molecule has 0 fully saturated rings. The number of hydrogen-bond donors (Lipinski definition) is 3. The van der Waals surface area contributed by atoms with Crippen molar-refractivity contribution in [2.75, 3.05) is 18.8 Å². The Hall–Kier alpha value is -2.34. The first-order chi connectivity index (χ1) is 10.2. The van der Waals surface area contributed by atoms with Crippen LogP contribution in [0.25, 0.3) is 5.69 Å². The van der Waals surface area contributed by atoms with Gasteiger partial charge in [-0.25, -0.2) is 4.68 Å². The molecule has 0 bridgehead atoms. The SMILES string of the molecule is NCCC(=O)NCCCc1cc(N)n(-c2ccccc2)n1. The van der Waals surface area contributed by atoms with Crippen LogP contribution in [0, 0.1) is 0 Å². The number of rotatable bonds is 7. The van der Waals surface area contributed by atoms with E-state index in [4.69, 9.17) is 11.5 Å². The highest BCUT2D eigenvalue weighted by molar-refractivity contribution is 5.75. The van der Waals surface area contributed by atoms with Gasteiger partial charge in [-0.1, -0.05) is 18.2 Å². The van der Waals surface area contributed by atoms with Crippen molar-refractivity contribution in [3.63, 3.8) is 0 Å². The van der Waals surface area contributed by atoms with Crippen molar-refractivity contribution in [3.05, 3.63) is 42.1 Å². The summed E-state index contributed by atoms with van der Waals surface area (Å²) in [5.41, 5.74) is 13.2. The van der Waals surface area contributed by atoms with E-state index in [2.05, 4.69) is 10.4 Å². The van der Waals surface area contributed by atoms with E-state index in [9.17, 15) is 4.79 Å². The second-order valence-electron chi connectivity index (χ2n) is 4.80. The molecular formula is C15H21N5O. The molecule has 5 N–H and O–H groups in total. The molecule has 0 saturated carbocycles. The summed E-state index contributed by atoms with van der Waals surface area (Å²) < 4.78 is 1.72. The fourth-order valence-corrected chi connectivity index (χ4v) is 2.06. The quantitative estimate of drug-likeness (QED) is 0.657. The summed E-state index contributed by atoms with van der Waals surface area (Å²) in [7, 11) is 0. The third kappa shape index (κ3) is 4.32. The number of nitrogens with two attached hydrogens (primary N) is 2. The molecule has 1 heterocycles. The van der Waals surface area contributed by atoms with Crippen LogP contribution in [0.1, 0.15) is 18.5 Å². The molecule has 0 atom stereocenters. The van der Waals surface area contributed by atoms with Crippen molar-refractivity contribution in [2.45, 2.75) is 19.3 Å². The predicted molar refractivity (Wildman–Crippen MR) is 83.0 cm³/mol. The largest absolute Gasteiger partial charge is 0.384 e. The van der Waals surface area contributed by atoms with Crippen LogP contribution >= 0.6 is 0 Å². The van der Waals surface area contributed by atoms with E-state index in [0.717, 1.165) is 24.2 Å². The van der Waals surface area contributed by atoms with E-state index in [1.807, 2.05) is 36.4 Å². The number of anilines is 1. The standard InChI is InChI=1S/C15H21N5O/c16-9-8-15(21)18-10-4-5-12-11-14(17)20(19-12)13-6-2-1-3-7-13/h1-3,6-7,11H,4-5,8-10,16-17H2,(H,18,21). The molecule has 1 aromatic heterocycles. The zero-order valence-electron chi connectivity index (χ0n) is 12.0. The molecule has 6 nitrogen and oxygen atoms in total. The molecule has 112 valence electrons.